The lowest BCUT2D eigenvalue weighted by atomic mass is 10.1. The average Bonchev–Trinajstić information content (AvgIpc) is 3.08. The summed E-state index contributed by atoms with van der Waals surface area (Å²) in [7, 11) is 0. The lowest BCUT2D eigenvalue weighted by Crippen LogP contribution is -2.51. The maximum atomic E-state index is 13.4. The van der Waals surface area contributed by atoms with E-state index >= 15 is 0 Å². The van der Waals surface area contributed by atoms with Crippen LogP contribution in [0.2, 0.25) is 0 Å². The number of benzene rings is 1. The largest absolute Gasteiger partial charge is 0.444 e. The number of amides is 4. The van der Waals surface area contributed by atoms with Crippen LogP contribution in [0.25, 0.3) is 10.1 Å². The standard InChI is InChI=1S/C22H28N4O4S/c1-5-10-23-20(28)24-18-17(15-8-6-7-9-16(15)31-18)19(27)25-11-13-26(14-12-25)21(29)30-22(2,3)4/h5-9H,1,10-14H2,2-4H3,(H2,23,24,28). The number of carbonyl (C=O) groups excluding carboxylic acids is 3. The van der Waals surface area contributed by atoms with Gasteiger partial charge in [-0.3, -0.25) is 10.1 Å². The normalized spacial score (nSPS) is 14.3. The van der Waals surface area contributed by atoms with Crippen LogP contribution in [0.1, 0.15) is 31.1 Å². The first kappa shape index (κ1) is 22.6. The third-order valence-corrected chi connectivity index (χ3v) is 5.75. The van der Waals surface area contributed by atoms with Gasteiger partial charge in [0.15, 0.2) is 0 Å². The van der Waals surface area contributed by atoms with Gasteiger partial charge in [0.1, 0.15) is 10.6 Å². The molecule has 2 heterocycles. The molecule has 1 aliphatic heterocycles. The molecule has 0 spiro atoms. The van der Waals surface area contributed by atoms with Crippen LogP contribution in [0.5, 0.6) is 0 Å². The van der Waals surface area contributed by atoms with Crippen LogP contribution < -0.4 is 10.6 Å². The van der Waals surface area contributed by atoms with Gasteiger partial charge in [0.2, 0.25) is 0 Å². The number of hydrogen-bond acceptors (Lipinski definition) is 5. The van der Waals surface area contributed by atoms with Crippen molar-refractivity contribution in [1.82, 2.24) is 15.1 Å². The fraction of sp³-hybridized carbons (Fsp3) is 0.409. The Morgan fingerprint density at radius 1 is 1.13 bits per heavy atom. The minimum absolute atomic E-state index is 0.166. The van der Waals surface area contributed by atoms with E-state index < -0.39 is 11.6 Å². The quantitative estimate of drug-likeness (QED) is 0.700. The second kappa shape index (κ2) is 9.38. The lowest BCUT2D eigenvalue weighted by Gasteiger charge is -2.35. The molecular weight excluding hydrogens is 416 g/mol. The van der Waals surface area contributed by atoms with Crippen molar-refractivity contribution < 1.29 is 19.1 Å². The number of thiophene rings is 1. The Balaban J connectivity index is 1.76. The van der Waals surface area contributed by atoms with E-state index in [9.17, 15) is 14.4 Å². The lowest BCUT2D eigenvalue weighted by molar-refractivity contribution is 0.0141. The molecule has 4 amide bonds. The maximum Gasteiger partial charge on any atom is 0.410 e. The summed E-state index contributed by atoms with van der Waals surface area (Å²) >= 11 is 1.36. The van der Waals surface area contributed by atoms with E-state index in [1.807, 2.05) is 45.0 Å². The second-order valence-electron chi connectivity index (χ2n) is 8.19. The molecule has 8 nitrogen and oxygen atoms in total. The first-order valence-electron chi connectivity index (χ1n) is 10.1. The number of piperazine rings is 1. The Hall–Kier alpha value is -3.07. The van der Waals surface area contributed by atoms with Gasteiger partial charge in [-0.1, -0.05) is 24.3 Å². The second-order valence-corrected chi connectivity index (χ2v) is 9.24. The molecule has 0 atom stereocenters. The van der Waals surface area contributed by atoms with E-state index in [2.05, 4.69) is 17.2 Å². The molecule has 1 fully saturated rings. The highest BCUT2D eigenvalue weighted by Gasteiger charge is 2.30. The summed E-state index contributed by atoms with van der Waals surface area (Å²) in [6, 6.07) is 7.17. The molecule has 2 N–H and O–H groups in total. The molecule has 9 heteroatoms. The molecule has 166 valence electrons. The van der Waals surface area contributed by atoms with Gasteiger partial charge in [0.05, 0.1) is 5.56 Å². The van der Waals surface area contributed by atoms with Gasteiger partial charge in [-0.25, -0.2) is 9.59 Å². The monoisotopic (exact) mass is 444 g/mol. The Kier molecular flexibility index (Phi) is 6.84. The summed E-state index contributed by atoms with van der Waals surface area (Å²) in [5.41, 5.74) is -0.0908. The van der Waals surface area contributed by atoms with Crippen molar-refractivity contribution in [3.05, 3.63) is 42.5 Å². The number of nitrogens with one attached hydrogen (secondary N) is 2. The molecule has 0 saturated carbocycles. The molecule has 2 aromatic rings. The molecule has 0 unspecified atom stereocenters. The minimum atomic E-state index is -0.563. The smallest absolute Gasteiger partial charge is 0.410 e. The van der Waals surface area contributed by atoms with E-state index in [-0.39, 0.29) is 12.0 Å². The van der Waals surface area contributed by atoms with Crippen molar-refractivity contribution in [3.63, 3.8) is 0 Å². The van der Waals surface area contributed by atoms with E-state index in [1.54, 1.807) is 15.9 Å². The van der Waals surface area contributed by atoms with Crippen LogP contribution in [0, 0.1) is 0 Å². The highest BCUT2D eigenvalue weighted by molar-refractivity contribution is 7.23. The van der Waals surface area contributed by atoms with Crippen molar-refractivity contribution in [3.8, 4) is 0 Å². The molecule has 1 saturated heterocycles. The molecule has 0 radical (unpaired) electrons. The summed E-state index contributed by atoms with van der Waals surface area (Å²) in [6.45, 7) is 11.0. The third-order valence-electron chi connectivity index (χ3n) is 4.66. The summed E-state index contributed by atoms with van der Waals surface area (Å²) in [6.07, 6.45) is 1.21. The molecule has 1 aromatic carbocycles. The van der Waals surface area contributed by atoms with Crippen LogP contribution in [0.4, 0.5) is 14.6 Å². The molecule has 3 rings (SSSR count). The van der Waals surface area contributed by atoms with Crippen molar-refractivity contribution in [1.29, 1.82) is 0 Å². The van der Waals surface area contributed by atoms with Crippen LogP contribution in [-0.4, -0.2) is 66.2 Å². The summed E-state index contributed by atoms with van der Waals surface area (Å²) < 4.78 is 6.34. The number of fused-ring (bicyclic) bond motifs is 1. The average molecular weight is 445 g/mol. The van der Waals surface area contributed by atoms with Gasteiger partial charge < -0.3 is 19.9 Å². The molecular formula is C22H28N4O4S. The van der Waals surface area contributed by atoms with Crippen LogP contribution in [0.3, 0.4) is 0 Å². The summed E-state index contributed by atoms with van der Waals surface area (Å²) in [4.78, 5) is 41.2. The molecule has 31 heavy (non-hydrogen) atoms. The number of rotatable bonds is 4. The Morgan fingerprint density at radius 3 is 2.42 bits per heavy atom. The fourth-order valence-electron chi connectivity index (χ4n) is 3.23. The number of hydrogen-bond donors (Lipinski definition) is 2. The van der Waals surface area contributed by atoms with Crippen LogP contribution in [-0.2, 0) is 4.74 Å². The maximum absolute atomic E-state index is 13.4. The Labute approximate surface area is 185 Å². The number of anilines is 1. The van der Waals surface area contributed by atoms with Crippen molar-refractivity contribution in [2.45, 2.75) is 26.4 Å². The van der Waals surface area contributed by atoms with Crippen LogP contribution in [0.15, 0.2) is 36.9 Å². The fourth-order valence-corrected chi connectivity index (χ4v) is 4.32. The van der Waals surface area contributed by atoms with Gasteiger partial charge in [0, 0.05) is 42.8 Å². The topological polar surface area (TPSA) is 91.0 Å². The third kappa shape index (κ3) is 5.55. The minimum Gasteiger partial charge on any atom is -0.444 e. The molecule has 0 bridgehead atoms. The van der Waals surface area contributed by atoms with Gasteiger partial charge in [0.25, 0.3) is 5.91 Å². The van der Waals surface area contributed by atoms with Crippen LogP contribution >= 0.6 is 11.3 Å². The van der Waals surface area contributed by atoms with Gasteiger partial charge in [-0.05, 0) is 26.8 Å². The predicted octanol–water partition coefficient (Wildman–Crippen LogP) is 3.90. The number of urea groups is 1. The Bertz CT molecular complexity index is 987. The van der Waals surface area contributed by atoms with Gasteiger partial charge in [-0.15, -0.1) is 17.9 Å². The van der Waals surface area contributed by atoms with Gasteiger partial charge in [-0.2, -0.15) is 0 Å². The highest BCUT2D eigenvalue weighted by atomic mass is 32.1. The van der Waals surface area contributed by atoms with Crippen molar-refractivity contribution in [2.75, 3.05) is 38.0 Å². The predicted molar refractivity (Wildman–Crippen MR) is 123 cm³/mol. The van der Waals surface area contributed by atoms with E-state index in [0.29, 0.717) is 43.3 Å². The summed E-state index contributed by atoms with van der Waals surface area (Å²) in [5.74, 6) is -0.166. The first-order chi connectivity index (χ1) is 14.7. The molecule has 1 aromatic heterocycles. The zero-order valence-electron chi connectivity index (χ0n) is 18.1. The van der Waals surface area contributed by atoms with E-state index in [1.165, 1.54) is 11.3 Å². The van der Waals surface area contributed by atoms with Crippen molar-refractivity contribution in [2.24, 2.45) is 0 Å². The van der Waals surface area contributed by atoms with E-state index in [0.717, 1.165) is 10.1 Å². The van der Waals surface area contributed by atoms with E-state index in [4.69, 9.17) is 4.74 Å². The number of ether oxygens (including phenoxy) is 1. The zero-order valence-corrected chi connectivity index (χ0v) is 18.9. The molecule has 1 aliphatic rings. The molecule has 0 aliphatic carbocycles. The highest BCUT2D eigenvalue weighted by Crippen LogP contribution is 2.36. The Morgan fingerprint density at radius 2 is 1.77 bits per heavy atom. The van der Waals surface area contributed by atoms with Gasteiger partial charge >= 0.3 is 12.1 Å². The zero-order chi connectivity index (χ0) is 22.6. The SMILES string of the molecule is C=CCNC(=O)Nc1sc2ccccc2c1C(=O)N1CCN(C(=O)OC(C)(C)C)CC1. The number of nitrogens with zero attached hydrogens (tertiary/aromatic N) is 2. The number of carbonyl (C=O) groups is 3. The first-order valence-corrected chi connectivity index (χ1v) is 11.0. The summed E-state index contributed by atoms with van der Waals surface area (Å²) in [5, 5.41) is 6.76. The van der Waals surface area contributed by atoms with Crippen molar-refractivity contribution >= 4 is 44.5 Å².